The van der Waals surface area contributed by atoms with Gasteiger partial charge in [0.2, 0.25) is 5.91 Å². The molecule has 3 amide bonds. The molecule has 146 valence electrons. The van der Waals surface area contributed by atoms with Crippen molar-refractivity contribution in [3.63, 3.8) is 0 Å². The molecule has 6 heteroatoms. The first kappa shape index (κ1) is 18.5. The lowest BCUT2D eigenvalue weighted by Crippen LogP contribution is -3.13. The number of nitrogens with zero attached hydrogens (tertiary/aromatic N) is 2. The molecule has 0 aromatic heterocycles. The van der Waals surface area contributed by atoms with E-state index in [1.54, 1.807) is 4.90 Å². The Kier molecular flexibility index (Phi) is 5.58. The Labute approximate surface area is 165 Å². The van der Waals surface area contributed by atoms with Crippen molar-refractivity contribution in [3.05, 3.63) is 66.2 Å². The van der Waals surface area contributed by atoms with Crippen LogP contribution in [0.4, 0.5) is 10.5 Å². The van der Waals surface area contributed by atoms with Crippen LogP contribution in [0.3, 0.4) is 0 Å². The quantitative estimate of drug-likeness (QED) is 0.830. The summed E-state index contributed by atoms with van der Waals surface area (Å²) in [5.41, 5.74) is 2.23. The average molecular weight is 379 g/mol. The Bertz CT molecular complexity index is 804. The van der Waals surface area contributed by atoms with Gasteiger partial charge in [0.1, 0.15) is 6.54 Å². The summed E-state index contributed by atoms with van der Waals surface area (Å²) in [5.74, 6) is 0.0635. The molecule has 0 bridgehead atoms. The first-order valence-corrected chi connectivity index (χ1v) is 9.97. The number of hydrogen-bond acceptors (Lipinski definition) is 2. The van der Waals surface area contributed by atoms with Gasteiger partial charge < -0.3 is 20.0 Å². The molecule has 2 heterocycles. The van der Waals surface area contributed by atoms with Crippen molar-refractivity contribution in [2.45, 2.75) is 19.0 Å². The highest BCUT2D eigenvalue weighted by Crippen LogP contribution is 2.21. The highest BCUT2D eigenvalue weighted by Gasteiger charge is 2.33. The second-order valence-corrected chi connectivity index (χ2v) is 7.59. The number of anilines is 1. The summed E-state index contributed by atoms with van der Waals surface area (Å²) in [5, 5.41) is 3.06. The number of quaternary nitrogens is 1. The standard InChI is InChI=1S/C22H26N4O2/c27-21-15-19(17-26(21)20-9-5-2-6-10-20)23-22(28)25-13-11-24(12-14-25)16-18-7-3-1-4-8-18/h1-10,19H,11-17H2,(H,23,28)/p+1/t19-/m1/s1. The van der Waals surface area contributed by atoms with E-state index in [0.29, 0.717) is 13.0 Å². The molecule has 2 fully saturated rings. The maximum Gasteiger partial charge on any atom is 0.318 e. The molecule has 0 spiro atoms. The van der Waals surface area contributed by atoms with Crippen molar-refractivity contribution < 1.29 is 14.5 Å². The first-order valence-electron chi connectivity index (χ1n) is 9.97. The Morgan fingerprint density at radius 3 is 2.32 bits per heavy atom. The minimum absolute atomic E-state index is 0.0496. The van der Waals surface area contributed by atoms with Gasteiger partial charge in [-0.2, -0.15) is 0 Å². The van der Waals surface area contributed by atoms with Crippen LogP contribution < -0.4 is 15.1 Å². The van der Waals surface area contributed by atoms with E-state index in [2.05, 4.69) is 29.6 Å². The second kappa shape index (κ2) is 8.44. The number of para-hydroxylation sites is 1. The summed E-state index contributed by atoms with van der Waals surface area (Å²) >= 11 is 0. The molecule has 1 atom stereocenters. The normalized spacial score (nSPS) is 20.4. The molecule has 2 saturated heterocycles. The number of piperazine rings is 1. The van der Waals surface area contributed by atoms with Crippen LogP contribution in [0, 0.1) is 0 Å². The van der Waals surface area contributed by atoms with Crippen LogP contribution in [-0.2, 0) is 11.3 Å². The van der Waals surface area contributed by atoms with Crippen molar-refractivity contribution in [2.75, 3.05) is 37.6 Å². The van der Waals surface area contributed by atoms with Gasteiger partial charge in [-0.25, -0.2) is 4.79 Å². The monoisotopic (exact) mass is 379 g/mol. The molecule has 2 aliphatic heterocycles. The first-order chi connectivity index (χ1) is 13.7. The molecule has 6 nitrogen and oxygen atoms in total. The van der Waals surface area contributed by atoms with Gasteiger partial charge in [0.15, 0.2) is 0 Å². The Morgan fingerprint density at radius 1 is 1.00 bits per heavy atom. The zero-order valence-electron chi connectivity index (χ0n) is 16.0. The van der Waals surface area contributed by atoms with Gasteiger partial charge in [-0.1, -0.05) is 48.5 Å². The maximum atomic E-state index is 12.6. The molecule has 0 aliphatic carbocycles. The summed E-state index contributed by atoms with van der Waals surface area (Å²) in [6, 6.07) is 19.9. The fraction of sp³-hybridized carbons (Fsp3) is 0.364. The molecular weight excluding hydrogens is 352 g/mol. The van der Waals surface area contributed by atoms with Crippen LogP contribution in [0.15, 0.2) is 60.7 Å². The molecule has 4 rings (SSSR count). The second-order valence-electron chi connectivity index (χ2n) is 7.59. The van der Waals surface area contributed by atoms with E-state index in [9.17, 15) is 9.59 Å². The van der Waals surface area contributed by atoms with Gasteiger partial charge in [-0.15, -0.1) is 0 Å². The summed E-state index contributed by atoms with van der Waals surface area (Å²) in [6.07, 6.45) is 0.361. The molecular formula is C22H27N4O2+. The fourth-order valence-corrected chi connectivity index (χ4v) is 4.02. The van der Waals surface area contributed by atoms with Crippen molar-refractivity contribution in [2.24, 2.45) is 0 Å². The van der Waals surface area contributed by atoms with E-state index in [0.717, 1.165) is 38.4 Å². The smallest absolute Gasteiger partial charge is 0.318 e. The van der Waals surface area contributed by atoms with E-state index in [1.165, 1.54) is 10.5 Å². The zero-order valence-corrected chi connectivity index (χ0v) is 16.0. The van der Waals surface area contributed by atoms with Crippen LogP contribution in [0.1, 0.15) is 12.0 Å². The van der Waals surface area contributed by atoms with Crippen molar-refractivity contribution in [1.82, 2.24) is 10.2 Å². The number of urea groups is 1. The van der Waals surface area contributed by atoms with Crippen molar-refractivity contribution in [1.29, 1.82) is 0 Å². The molecule has 2 aliphatic rings. The van der Waals surface area contributed by atoms with Crippen LogP contribution in [0.25, 0.3) is 0 Å². The summed E-state index contributed by atoms with van der Waals surface area (Å²) in [6.45, 7) is 4.92. The predicted molar refractivity (Wildman–Crippen MR) is 108 cm³/mol. The number of carbonyl (C=O) groups is 2. The minimum Gasteiger partial charge on any atom is -0.333 e. The number of nitrogens with one attached hydrogen (secondary N) is 2. The number of amides is 3. The number of benzene rings is 2. The van der Waals surface area contributed by atoms with Crippen LogP contribution in [0.2, 0.25) is 0 Å². The Hall–Kier alpha value is -2.86. The lowest BCUT2D eigenvalue weighted by atomic mass is 10.2. The van der Waals surface area contributed by atoms with E-state index < -0.39 is 0 Å². The molecule has 0 radical (unpaired) electrons. The molecule has 2 aromatic rings. The molecule has 2 N–H and O–H groups in total. The molecule has 0 saturated carbocycles. The average Bonchev–Trinajstić information content (AvgIpc) is 3.10. The predicted octanol–water partition coefficient (Wildman–Crippen LogP) is 0.902. The van der Waals surface area contributed by atoms with Gasteiger partial charge in [0, 0.05) is 24.2 Å². The summed E-state index contributed by atoms with van der Waals surface area (Å²) in [7, 11) is 0. The van der Waals surface area contributed by atoms with E-state index in [1.807, 2.05) is 41.3 Å². The minimum atomic E-state index is -0.130. The third kappa shape index (κ3) is 4.34. The van der Waals surface area contributed by atoms with Gasteiger partial charge in [0.05, 0.1) is 32.2 Å². The maximum absolute atomic E-state index is 12.6. The van der Waals surface area contributed by atoms with E-state index in [4.69, 9.17) is 0 Å². The third-order valence-corrected chi connectivity index (χ3v) is 5.58. The summed E-state index contributed by atoms with van der Waals surface area (Å²) < 4.78 is 0. The summed E-state index contributed by atoms with van der Waals surface area (Å²) in [4.78, 5) is 30.1. The lowest BCUT2D eigenvalue weighted by molar-refractivity contribution is -0.917. The van der Waals surface area contributed by atoms with E-state index in [-0.39, 0.29) is 18.0 Å². The van der Waals surface area contributed by atoms with Gasteiger partial charge in [-0.3, -0.25) is 4.79 Å². The fourth-order valence-electron chi connectivity index (χ4n) is 4.02. The van der Waals surface area contributed by atoms with Crippen LogP contribution in [-0.4, -0.2) is 55.6 Å². The number of rotatable bonds is 4. The highest BCUT2D eigenvalue weighted by molar-refractivity contribution is 5.96. The van der Waals surface area contributed by atoms with E-state index >= 15 is 0 Å². The van der Waals surface area contributed by atoms with Crippen molar-refractivity contribution in [3.8, 4) is 0 Å². The van der Waals surface area contributed by atoms with Crippen LogP contribution in [0.5, 0.6) is 0 Å². The molecule has 0 unspecified atom stereocenters. The Balaban J connectivity index is 1.25. The zero-order chi connectivity index (χ0) is 19.3. The lowest BCUT2D eigenvalue weighted by Gasteiger charge is -2.33. The number of carbonyl (C=O) groups excluding carboxylic acids is 2. The topological polar surface area (TPSA) is 57.1 Å². The third-order valence-electron chi connectivity index (χ3n) is 5.58. The Morgan fingerprint density at radius 2 is 1.64 bits per heavy atom. The van der Waals surface area contributed by atoms with Gasteiger partial charge >= 0.3 is 6.03 Å². The highest BCUT2D eigenvalue weighted by atomic mass is 16.2. The van der Waals surface area contributed by atoms with Gasteiger partial charge in [0.25, 0.3) is 0 Å². The van der Waals surface area contributed by atoms with Gasteiger partial charge in [-0.05, 0) is 12.1 Å². The van der Waals surface area contributed by atoms with Crippen molar-refractivity contribution >= 4 is 17.6 Å². The largest absolute Gasteiger partial charge is 0.333 e. The molecule has 28 heavy (non-hydrogen) atoms. The molecule has 2 aromatic carbocycles. The SMILES string of the molecule is O=C(N[C@@H]1CC(=O)N(c2ccccc2)C1)N1CC[NH+](Cc2ccccc2)CC1. The number of hydrogen-bond donors (Lipinski definition) is 2. The van der Waals surface area contributed by atoms with Crippen LogP contribution >= 0.6 is 0 Å².